The van der Waals surface area contributed by atoms with Gasteiger partial charge in [0.1, 0.15) is 5.75 Å². The molecule has 0 spiro atoms. The highest BCUT2D eigenvalue weighted by atomic mass is 16.5. The van der Waals surface area contributed by atoms with E-state index in [4.69, 9.17) is 9.47 Å². The molecule has 5 nitrogen and oxygen atoms in total. The molecule has 1 aliphatic rings. The van der Waals surface area contributed by atoms with Gasteiger partial charge in [-0.1, -0.05) is 42.5 Å². The van der Waals surface area contributed by atoms with Crippen LogP contribution < -0.4 is 4.74 Å². The molecule has 1 fully saturated rings. The van der Waals surface area contributed by atoms with E-state index in [1.165, 1.54) is 0 Å². The second-order valence-electron chi connectivity index (χ2n) is 7.26. The number of carbonyl (C=O) groups excluding carboxylic acids is 1. The molecule has 0 radical (unpaired) electrons. The van der Waals surface area contributed by atoms with E-state index in [2.05, 4.69) is 4.90 Å². The lowest BCUT2D eigenvalue weighted by molar-refractivity contribution is -0.152. The molecule has 0 aliphatic carbocycles. The van der Waals surface area contributed by atoms with E-state index >= 15 is 0 Å². The van der Waals surface area contributed by atoms with Crippen molar-refractivity contribution in [3.63, 3.8) is 0 Å². The molecule has 2 aromatic carbocycles. The third-order valence-electron chi connectivity index (χ3n) is 5.63. The molecule has 0 bridgehead atoms. The number of rotatable bonds is 7. The molecule has 28 heavy (non-hydrogen) atoms. The quantitative estimate of drug-likeness (QED) is 0.743. The fourth-order valence-corrected chi connectivity index (χ4v) is 3.93. The van der Waals surface area contributed by atoms with E-state index < -0.39 is 11.5 Å². The van der Waals surface area contributed by atoms with Gasteiger partial charge in [-0.2, -0.15) is 0 Å². The fourth-order valence-electron chi connectivity index (χ4n) is 3.93. The zero-order valence-corrected chi connectivity index (χ0v) is 16.6. The van der Waals surface area contributed by atoms with Gasteiger partial charge in [-0.25, -0.2) is 0 Å². The Balaban J connectivity index is 1.67. The first-order valence-electron chi connectivity index (χ1n) is 9.86. The van der Waals surface area contributed by atoms with Crippen LogP contribution in [-0.4, -0.2) is 49.3 Å². The minimum Gasteiger partial charge on any atom is -0.497 e. The number of carbonyl (C=O) groups is 1. The monoisotopic (exact) mass is 383 g/mol. The highest BCUT2D eigenvalue weighted by molar-refractivity contribution is 5.83. The summed E-state index contributed by atoms with van der Waals surface area (Å²) in [5.74, 6) is 0.632. The maximum atomic E-state index is 12.8. The first kappa shape index (κ1) is 20.4. The number of nitrogens with zero attached hydrogens (tertiary/aromatic N) is 1. The number of ether oxygens (including phenoxy) is 2. The molecule has 1 unspecified atom stereocenters. The molecule has 1 saturated heterocycles. The maximum absolute atomic E-state index is 12.8. The molecule has 1 atom stereocenters. The van der Waals surface area contributed by atoms with Crippen molar-refractivity contribution in [1.82, 2.24) is 4.90 Å². The van der Waals surface area contributed by atoms with Crippen LogP contribution in [0.4, 0.5) is 0 Å². The third kappa shape index (κ3) is 4.37. The van der Waals surface area contributed by atoms with Gasteiger partial charge in [0, 0.05) is 6.54 Å². The lowest BCUT2D eigenvalue weighted by Crippen LogP contribution is -2.48. The molecule has 0 saturated carbocycles. The Morgan fingerprint density at radius 3 is 2.32 bits per heavy atom. The number of piperidine rings is 1. The number of aliphatic hydroxyl groups is 1. The summed E-state index contributed by atoms with van der Waals surface area (Å²) in [4.78, 5) is 15.0. The van der Waals surface area contributed by atoms with E-state index in [-0.39, 0.29) is 5.97 Å². The minimum atomic E-state index is -0.598. The highest BCUT2D eigenvalue weighted by Crippen LogP contribution is 2.37. The number of esters is 1. The van der Waals surface area contributed by atoms with Crippen LogP contribution >= 0.6 is 0 Å². The van der Waals surface area contributed by atoms with Gasteiger partial charge >= 0.3 is 5.97 Å². The largest absolute Gasteiger partial charge is 0.497 e. The number of benzene rings is 2. The highest BCUT2D eigenvalue weighted by Gasteiger charge is 2.44. The lowest BCUT2D eigenvalue weighted by atomic mass is 9.72. The van der Waals surface area contributed by atoms with Crippen molar-refractivity contribution < 1.29 is 19.4 Å². The van der Waals surface area contributed by atoms with Crippen molar-refractivity contribution in [1.29, 1.82) is 0 Å². The lowest BCUT2D eigenvalue weighted by Gasteiger charge is -2.40. The zero-order chi connectivity index (χ0) is 20.0. The summed E-state index contributed by atoms with van der Waals surface area (Å²) in [7, 11) is 1.63. The van der Waals surface area contributed by atoms with Crippen LogP contribution in [0.3, 0.4) is 0 Å². The molecule has 2 aromatic rings. The van der Waals surface area contributed by atoms with Crippen LogP contribution in [0.25, 0.3) is 0 Å². The van der Waals surface area contributed by atoms with Crippen molar-refractivity contribution in [3.8, 4) is 5.75 Å². The first-order valence-corrected chi connectivity index (χ1v) is 9.86. The summed E-state index contributed by atoms with van der Waals surface area (Å²) in [6.45, 7) is 4.24. The predicted octanol–water partition coefficient (Wildman–Crippen LogP) is 3.33. The van der Waals surface area contributed by atoms with Gasteiger partial charge < -0.3 is 19.5 Å². The zero-order valence-electron chi connectivity index (χ0n) is 16.6. The number of hydrogen-bond acceptors (Lipinski definition) is 5. The molecule has 0 amide bonds. The van der Waals surface area contributed by atoms with E-state index in [1.54, 1.807) is 7.11 Å². The van der Waals surface area contributed by atoms with E-state index in [0.29, 0.717) is 26.0 Å². The molecule has 3 rings (SSSR count). The Morgan fingerprint density at radius 1 is 1.11 bits per heavy atom. The van der Waals surface area contributed by atoms with Gasteiger partial charge in [0.25, 0.3) is 0 Å². The van der Waals surface area contributed by atoms with Crippen molar-refractivity contribution in [3.05, 3.63) is 65.7 Å². The normalized spacial score (nSPS) is 17.7. The molecule has 1 heterocycles. The summed E-state index contributed by atoms with van der Waals surface area (Å²) in [5, 5.41) is 10.6. The average Bonchev–Trinajstić information content (AvgIpc) is 2.75. The summed E-state index contributed by atoms with van der Waals surface area (Å²) < 4.78 is 10.6. The summed E-state index contributed by atoms with van der Waals surface area (Å²) in [6.07, 6.45) is 0.800. The topological polar surface area (TPSA) is 59.0 Å². The Kier molecular flexibility index (Phi) is 6.70. The van der Waals surface area contributed by atoms with E-state index in [1.807, 2.05) is 61.5 Å². The van der Waals surface area contributed by atoms with Crippen LogP contribution in [-0.2, 0) is 14.9 Å². The van der Waals surface area contributed by atoms with Crippen LogP contribution in [0, 0.1) is 0 Å². The van der Waals surface area contributed by atoms with Gasteiger partial charge in [0.2, 0.25) is 0 Å². The second-order valence-corrected chi connectivity index (χ2v) is 7.26. The SMILES string of the molecule is CCOC(=O)C1(c2ccccc2)CCN(CC(O)c2ccc(OC)cc2)CC1. The van der Waals surface area contributed by atoms with Gasteiger partial charge in [-0.15, -0.1) is 0 Å². The smallest absolute Gasteiger partial charge is 0.316 e. The van der Waals surface area contributed by atoms with Crippen LogP contribution in [0.1, 0.15) is 37.0 Å². The third-order valence-corrected chi connectivity index (χ3v) is 5.63. The van der Waals surface area contributed by atoms with Crippen LogP contribution in [0.2, 0.25) is 0 Å². The van der Waals surface area contributed by atoms with Gasteiger partial charge in [-0.3, -0.25) is 4.79 Å². The van der Waals surface area contributed by atoms with Crippen LogP contribution in [0.5, 0.6) is 5.75 Å². The second kappa shape index (κ2) is 9.22. The minimum absolute atomic E-state index is 0.142. The summed E-state index contributed by atoms with van der Waals surface area (Å²) in [6, 6.07) is 17.4. The van der Waals surface area contributed by atoms with E-state index in [9.17, 15) is 9.90 Å². The van der Waals surface area contributed by atoms with Crippen LogP contribution in [0.15, 0.2) is 54.6 Å². The number of hydrogen-bond donors (Lipinski definition) is 1. The summed E-state index contributed by atoms with van der Waals surface area (Å²) >= 11 is 0. The van der Waals surface area contributed by atoms with Crippen molar-refractivity contribution in [2.24, 2.45) is 0 Å². The number of likely N-dealkylation sites (tertiary alicyclic amines) is 1. The van der Waals surface area contributed by atoms with E-state index in [0.717, 1.165) is 30.0 Å². The molecular weight excluding hydrogens is 354 g/mol. The van der Waals surface area contributed by atoms with Gasteiger partial charge in [0.05, 0.1) is 25.2 Å². The molecule has 1 N–H and O–H groups in total. The Bertz CT molecular complexity index is 752. The molecule has 0 aromatic heterocycles. The Hall–Kier alpha value is -2.37. The summed E-state index contributed by atoms with van der Waals surface area (Å²) in [5.41, 5.74) is 1.29. The van der Waals surface area contributed by atoms with Gasteiger partial charge in [-0.05, 0) is 56.1 Å². The Labute approximate surface area is 166 Å². The maximum Gasteiger partial charge on any atom is 0.316 e. The standard InChI is InChI=1S/C23H29NO4/c1-3-28-22(26)23(19-7-5-4-6-8-19)13-15-24(16-14-23)17-21(25)18-9-11-20(27-2)12-10-18/h4-12,21,25H,3,13-17H2,1-2H3. The molecule has 150 valence electrons. The van der Waals surface area contributed by atoms with Crippen molar-refractivity contribution in [2.75, 3.05) is 33.4 Å². The molecule has 1 aliphatic heterocycles. The molecule has 5 heteroatoms. The Morgan fingerprint density at radius 2 is 1.75 bits per heavy atom. The number of aliphatic hydroxyl groups excluding tert-OH is 1. The fraction of sp³-hybridized carbons (Fsp3) is 0.435. The van der Waals surface area contributed by atoms with Crippen molar-refractivity contribution in [2.45, 2.75) is 31.3 Å². The predicted molar refractivity (Wildman–Crippen MR) is 108 cm³/mol. The van der Waals surface area contributed by atoms with Crippen molar-refractivity contribution >= 4 is 5.97 Å². The average molecular weight is 383 g/mol. The first-order chi connectivity index (χ1) is 13.6. The van der Waals surface area contributed by atoms with Gasteiger partial charge in [0.15, 0.2) is 0 Å². The molecular formula is C23H29NO4. The number of β-amino-alcohol motifs (C(OH)–C–C–N with tert-alkyl or cyclic N) is 1. The number of methoxy groups -OCH3 is 1.